The normalized spacial score (nSPS) is 14.7. The van der Waals surface area contributed by atoms with E-state index >= 15 is 0 Å². The Morgan fingerprint density at radius 1 is 1.38 bits per heavy atom. The van der Waals surface area contributed by atoms with Gasteiger partial charge >= 0.3 is 5.69 Å². The van der Waals surface area contributed by atoms with Gasteiger partial charge in [0.25, 0.3) is 0 Å². The highest BCUT2D eigenvalue weighted by Crippen LogP contribution is 2.40. The monoisotopic (exact) mass is 331 g/mol. The topological polar surface area (TPSA) is 85.5 Å². The quantitative estimate of drug-likeness (QED) is 0.664. The van der Waals surface area contributed by atoms with Crippen molar-refractivity contribution in [1.29, 1.82) is 0 Å². The number of nitro groups is 1. The van der Waals surface area contributed by atoms with Crippen molar-refractivity contribution in [2.45, 2.75) is 6.92 Å². The molecule has 8 heteroatoms. The highest BCUT2D eigenvalue weighted by Gasteiger charge is 2.24. The van der Waals surface area contributed by atoms with Gasteiger partial charge in [0, 0.05) is 68.4 Å². The lowest BCUT2D eigenvalue weighted by atomic mass is 10.0. The molecule has 128 valence electrons. The van der Waals surface area contributed by atoms with E-state index in [9.17, 15) is 10.1 Å². The van der Waals surface area contributed by atoms with E-state index in [1.165, 1.54) is 0 Å². The number of hydrogen-bond donors (Lipinski definition) is 1. The van der Waals surface area contributed by atoms with Crippen LogP contribution in [-0.2, 0) is 7.05 Å². The first-order valence-corrected chi connectivity index (χ1v) is 8.00. The summed E-state index contributed by atoms with van der Waals surface area (Å²) < 4.78 is 7.21. The molecule has 0 spiro atoms. The van der Waals surface area contributed by atoms with Crippen molar-refractivity contribution in [3.05, 3.63) is 34.6 Å². The third kappa shape index (κ3) is 3.18. The second-order valence-electron chi connectivity index (χ2n) is 5.67. The number of aryl methyl sites for hydroxylation is 1. The summed E-state index contributed by atoms with van der Waals surface area (Å²) >= 11 is 0. The lowest BCUT2D eigenvalue weighted by molar-refractivity contribution is -0.385. The number of anilines is 1. The molecule has 0 bridgehead atoms. The third-order valence-corrected chi connectivity index (χ3v) is 4.05. The van der Waals surface area contributed by atoms with Crippen molar-refractivity contribution in [3.8, 4) is 16.9 Å². The Morgan fingerprint density at radius 3 is 2.71 bits per heavy atom. The molecule has 1 aliphatic rings. The first-order chi connectivity index (χ1) is 11.6. The Hall–Kier alpha value is -2.61. The van der Waals surface area contributed by atoms with Gasteiger partial charge in [-0.2, -0.15) is 5.10 Å². The summed E-state index contributed by atoms with van der Waals surface area (Å²) in [5.74, 6) is 0.309. The molecule has 0 radical (unpaired) electrons. The number of ether oxygens (including phenoxy) is 1. The highest BCUT2D eigenvalue weighted by molar-refractivity contribution is 5.82. The molecule has 24 heavy (non-hydrogen) atoms. The van der Waals surface area contributed by atoms with Crippen LogP contribution in [0.25, 0.3) is 11.1 Å². The van der Waals surface area contributed by atoms with E-state index < -0.39 is 4.92 Å². The van der Waals surface area contributed by atoms with Gasteiger partial charge in [-0.1, -0.05) is 0 Å². The van der Waals surface area contributed by atoms with E-state index in [2.05, 4.69) is 15.3 Å². The van der Waals surface area contributed by atoms with Crippen molar-refractivity contribution in [2.75, 3.05) is 37.7 Å². The van der Waals surface area contributed by atoms with Gasteiger partial charge in [0.05, 0.1) is 17.7 Å². The predicted molar refractivity (Wildman–Crippen MR) is 91.6 cm³/mol. The molecule has 1 aliphatic heterocycles. The van der Waals surface area contributed by atoms with Crippen LogP contribution in [0.2, 0.25) is 0 Å². The van der Waals surface area contributed by atoms with Gasteiger partial charge in [0.15, 0.2) is 5.75 Å². The molecule has 0 atom stereocenters. The van der Waals surface area contributed by atoms with E-state index in [1.807, 2.05) is 20.2 Å². The summed E-state index contributed by atoms with van der Waals surface area (Å²) in [4.78, 5) is 13.3. The summed E-state index contributed by atoms with van der Waals surface area (Å²) in [7, 11) is 1.83. The third-order valence-electron chi connectivity index (χ3n) is 4.05. The highest BCUT2D eigenvalue weighted by atomic mass is 16.6. The molecule has 1 N–H and O–H groups in total. The smallest absolute Gasteiger partial charge is 0.311 e. The lowest BCUT2D eigenvalue weighted by Gasteiger charge is -2.31. The number of piperazine rings is 1. The minimum Gasteiger partial charge on any atom is -0.487 e. The summed E-state index contributed by atoms with van der Waals surface area (Å²) in [6.07, 6.45) is 3.59. The molecular weight excluding hydrogens is 310 g/mol. The second kappa shape index (κ2) is 6.88. The van der Waals surface area contributed by atoms with Crippen LogP contribution in [0.5, 0.6) is 5.75 Å². The van der Waals surface area contributed by atoms with Crippen molar-refractivity contribution in [2.24, 2.45) is 7.05 Å². The average molecular weight is 331 g/mol. The zero-order valence-corrected chi connectivity index (χ0v) is 13.9. The number of rotatable bonds is 5. The number of benzene rings is 1. The van der Waals surface area contributed by atoms with Crippen molar-refractivity contribution in [1.82, 2.24) is 15.1 Å². The molecule has 2 aromatic rings. The molecule has 1 saturated heterocycles. The van der Waals surface area contributed by atoms with Crippen LogP contribution in [0, 0.1) is 10.1 Å². The number of nitrogens with one attached hydrogen (secondary N) is 1. The van der Waals surface area contributed by atoms with Crippen LogP contribution in [0.3, 0.4) is 0 Å². The minimum atomic E-state index is -0.396. The molecule has 8 nitrogen and oxygen atoms in total. The van der Waals surface area contributed by atoms with Gasteiger partial charge in [0.1, 0.15) is 0 Å². The van der Waals surface area contributed by atoms with Crippen molar-refractivity contribution in [3.63, 3.8) is 0 Å². The SMILES string of the molecule is CCOc1cc(N2CCNCC2)c(-c2cnn(C)c2)cc1[N+](=O)[O-]. The van der Waals surface area contributed by atoms with E-state index in [4.69, 9.17) is 4.74 Å². The standard InChI is InChI=1S/C16H21N5O3/c1-3-24-16-9-14(20-6-4-17-5-7-20)13(8-15(16)21(22)23)12-10-18-19(2)11-12/h8-11,17H,3-7H2,1-2H3. The zero-order chi connectivity index (χ0) is 17.1. The molecule has 0 unspecified atom stereocenters. The molecule has 2 heterocycles. The first kappa shape index (κ1) is 16.3. The van der Waals surface area contributed by atoms with E-state index in [0.29, 0.717) is 12.4 Å². The van der Waals surface area contributed by atoms with Crippen molar-refractivity contribution >= 4 is 11.4 Å². The number of nitro benzene ring substituents is 1. The maximum Gasteiger partial charge on any atom is 0.311 e. The van der Waals surface area contributed by atoms with Crippen LogP contribution in [-0.4, -0.2) is 47.5 Å². The van der Waals surface area contributed by atoms with Gasteiger partial charge in [0.2, 0.25) is 0 Å². The maximum absolute atomic E-state index is 11.5. The largest absolute Gasteiger partial charge is 0.487 e. The Labute approximate surface area is 140 Å². The van der Waals surface area contributed by atoms with Gasteiger partial charge in [-0.05, 0) is 6.92 Å². The fraction of sp³-hybridized carbons (Fsp3) is 0.438. The Morgan fingerprint density at radius 2 is 2.12 bits per heavy atom. The molecule has 0 aliphatic carbocycles. The van der Waals surface area contributed by atoms with Crippen LogP contribution in [0.1, 0.15) is 6.92 Å². The minimum absolute atomic E-state index is 0.0189. The van der Waals surface area contributed by atoms with Gasteiger partial charge in [-0.15, -0.1) is 0 Å². The van der Waals surface area contributed by atoms with Gasteiger partial charge < -0.3 is 15.0 Å². The summed E-state index contributed by atoms with van der Waals surface area (Å²) in [6.45, 7) is 5.66. The maximum atomic E-state index is 11.5. The molecule has 1 fully saturated rings. The zero-order valence-electron chi connectivity index (χ0n) is 13.9. The van der Waals surface area contributed by atoms with Crippen LogP contribution in [0.4, 0.5) is 11.4 Å². The molecule has 1 aromatic carbocycles. The van der Waals surface area contributed by atoms with Gasteiger partial charge in [-0.25, -0.2) is 0 Å². The van der Waals surface area contributed by atoms with Crippen LogP contribution < -0.4 is 15.0 Å². The summed E-state index contributed by atoms with van der Waals surface area (Å²) in [6, 6.07) is 3.38. The number of nitrogens with zero attached hydrogens (tertiary/aromatic N) is 4. The fourth-order valence-electron chi connectivity index (χ4n) is 2.93. The van der Waals surface area contributed by atoms with E-state index in [0.717, 1.165) is 43.0 Å². The first-order valence-electron chi connectivity index (χ1n) is 8.00. The summed E-state index contributed by atoms with van der Waals surface area (Å²) in [5.41, 5.74) is 2.59. The molecule has 0 saturated carbocycles. The van der Waals surface area contributed by atoms with Crippen LogP contribution in [0.15, 0.2) is 24.5 Å². The molecule has 3 rings (SSSR count). The van der Waals surface area contributed by atoms with Gasteiger partial charge in [-0.3, -0.25) is 14.8 Å². The summed E-state index contributed by atoms with van der Waals surface area (Å²) in [5, 5.41) is 19.0. The number of aromatic nitrogens is 2. The van der Waals surface area contributed by atoms with Crippen LogP contribution >= 0.6 is 0 Å². The molecule has 0 amide bonds. The molecule has 1 aromatic heterocycles. The molecular formula is C16H21N5O3. The average Bonchev–Trinajstić information content (AvgIpc) is 3.01. The fourth-order valence-corrected chi connectivity index (χ4v) is 2.93. The second-order valence-corrected chi connectivity index (χ2v) is 5.67. The van der Waals surface area contributed by atoms with Crippen molar-refractivity contribution < 1.29 is 9.66 Å². The van der Waals surface area contributed by atoms with E-state index in [1.54, 1.807) is 23.0 Å². The predicted octanol–water partition coefficient (Wildman–Crippen LogP) is 1.80. The lowest BCUT2D eigenvalue weighted by Crippen LogP contribution is -2.43. The Balaban J connectivity index is 2.15. The van der Waals surface area contributed by atoms with E-state index in [-0.39, 0.29) is 5.69 Å². The Kier molecular flexibility index (Phi) is 4.66. The Bertz CT molecular complexity index is 737. The number of hydrogen-bond acceptors (Lipinski definition) is 6.